The summed E-state index contributed by atoms with van der Waals surface area (Å²) in [5.74, 6) is 0.711. The van der Waals surface area contributed by atoms with Gasteiger partial charge >= 0.3 is 5.97 Å². The number of nitrogens with two attached hydrogens (primary N) is 2. The first-order valence-corrected chi connectivity index (χ1v) is 7.78. The highest BCUT2D eigenvalue weighted by Crippen LogP contribution is 2.29. The maximum Gasteiger partial charge on any atom is 0.343 e. The Morgan fingerprint density at radius 1 is 1.12 bits per heavy atom. The first-order chi connectivity index (χ1) is 12.5. The lowest BCUT2D eigenvalue weighted by Gasteiger charge is -2.11. The lowest BCUT2D eigenvalue weighted by molar-refractivity contribution is 0.0728. The molecule has 2 rings (SSSR count). The van der Waals surface area contributed by atoms with Gasteiger partial charge in [-0.2, -0.15) is 5.10 Å². The predicted molar refractivity (Wildman–Crippen MR) is 99.0 cm³/mol. The van der Waals surface area contributed by atoms with Gasteiger partial charge in [0, 0.05) is 0 Å². The highest BCUT2D eigenvalue weighted by molar-refractivity contribution is 5.91. The van der Waals surface area contributed by atoms with E-state index in [1.165, 1.54) is 6.21 Å². The molecular formula is C18H20N4O4. The highest BCUT2D eigenvalue weighted by atomic mass is 16.6. The second-order valence-electron chi connectivity index (χ2n) is 5.03. The SMILES string of the molecule is CCOc1cc(C=NN=C(N)N)ccc1OC(=O)c1ccc(OC)cc1. The Morgan fingerprint density at radius 2 is 1.85 bits per heavy atom. The van der Waals surface area contributed by atoms with E-state index in [4.69, 9.17) is 25.7 Å². The van der Waals surface area contributed by atoms with Gasteiger partial charge in [0.05, 0.1) is 25.5 Å². The number of ether oxygens (including phenoxy) is 3. The molecule has 26 heavy (non-hydrogen) atoms. The van der Waals surface area contributed by atoms with E-state index in [1.807, 2.05) is 6.92 Å². The first kappa shape index (κ1) is 18.8. The molecule has 0 saturated heterocycles. The number of carbonyl (C=O) groups is 1. The van der Waals surface area contributed by atoms with Gasteiger partial charge in [-0.25, -0.2) is 4.79 Å². The molecule has 0 aliphatic carbocycles. The van der Waals surface area contributed by atoms with E-state index in [2.05, 4.69) is 10.2 Å². The fourth-order valence-corrected chi connectivity index (χ4v) is 2.01. The van der Waals surface area contributed by atoms with Crippen molar-refractivity contribution in [2.24, 2.45) is 21.7 Å². The van der Waals surface area contributed by atoms with Crippen LogP contribution in [0.5, 0.6) is 17.2 Å². The number of hydrogen-bond acceptors (Lipinski definition) is 6. The van der Waals surface area contributed by atoms with Crippen LogP contribution in [0.15, 0.2) is 52.7 Å². The minimum absolute atomic E-state index is 0.142. The van der Waals surface area contributed by atoms with Crippen molar-refractivity contribution in [1.29, 1.82) is 0 Å². The van der Waals surface area contributed by atoms with Crippen LogP contribution in [0, 0.1) is 0 Å². The molecule has 0 aliphatic heterocycles. The normalized spacial score (nSPS) is 10.4. The Labute approximate surface area is 151 Å². The van der Waals surface area contributed by atoms with Gasteiger partial charge in [-0.15, -0.1) is 5.10 Å². The van der Waals surface area contributed by atoms with Crippen LogP contribution in [-0.2, 0) is 0 Å². The third-order valence-electron chi connectivity index (χ3n) is 3.18. The summed E-state index contributed by atoms with van der Waals surface area (Å²) in [7, 11) is 1.56. The van der Waals surface area contributed by atoms with Crippen LogP contribution in [0.4, 0.5) is 0 Å². The zero-order valence-electron chi connectivity index (χ0n) is 14.5. The minimum Gasteiger partial charge on any atom is -0.497 e. The summed E-state index contributed by atoms with van der Waals surface area (Å²) in [6.07, 6.45) is 1.46. The van der Waals surface area contributed by atoms with Crippen LogP contribution in [0.3, 0.4) is 0 Å². The van der Waals surface area contributed by atoms with Gasteiger partial charge in [-0.3, -0.25) is 0 Å². The summed E-state index contributed by atoms with van der Waals surface area (Å²) in [4.78, 5) is 12.3. The van der Waals surface area contributed by atoms with Crippen molar-refractivity contribution in [2.75, 3.05) is 13.7 Å². The molecule has 136 valence electrons. The summed E-state index contributed by atoms with van der Waals surface area (Å²) in [5, 5.41) is 7.26. The Kier molecular flexibility index (Phi) is 6.55. The van der Waals surface area contributed by atoms with Crippen LogP contribution < -0.4 is 25.7 Å². The molecular weight excluding hydrogens is 336 g/mol. The Hall–Kier alpha value is -3.55. The number of methoxy groups -OCH3 is 1. The van der Waals surface area contributed by atoms with E-state index >= 15 is 0 Å². The average Bonchev–Trinajstić information content (AvgIpc) is 2.63. The van der Waals surface area contributed by atoms with E-state index in [0.29, 0.717) is 35.0 Å². The maximum absolute atomic E-state index is 12.3. The third kappa shape index (κ3) is 5.23. The molecule has 0 saturated carbocycles. The van der Waals surface area contributed by atoms with Crippen LogP contribution in [0.1, 0.15) is 22.8 Å². The quantitative estimate of drug-likeness (QED) is 0.257. The largest absolute Gasteiger partial charge is 0.497 e. The first-order valence-electron chi connectivity index (χ1n) is 7.78. The van der Waals surface area contributed by atoms with E-state index in [0.717, 1.165) is 0 Å². The van der Waals surface area contributed by atoms with E-state index in [9.17, 15) is 4.79 Å². The Morgan fingerprint density at radius 3 is 2.46 bits per heavy atom. The summed E-state index contributed by atoms with van der Waals surface area (Å²) in [6, 6.07) is 11.6. The molecule has 2 aromatic rings. The summed E-state index contributed by atoms with van der Waals surface area (Å²) in [6.45, 7) is 2.23. The molecule has 4 N–H and O–H groups in total. The van der Waals surface area contributed by atoms with Crippen LogP contribution >= 0.6 is 0 Å². The molecule has 0 aromatic heterocycles. The van der Waals surface area contributed by atoms with Gasteiger partial charge < -0.3 is 25.7 Å². The topological polar surface area (TPSA) is 122 Å². The van der Waals surface area contributed by atoms with Crippen molar-refractivity contribution in [3.05, 3.63) is 53.6 Å². The standard InChI is InChI=1S/C18H20N4O4/c1-3-25-16-10-12(11-21-22-18(19)20)4-9-15(16)26-17(23)13-5-7-14(24-2)8-6-13/h4-11H,3H2,1-2H3,(H4,19,20,22). The zero-order chi connectivity index (χ0) is 18.9. The molecule has 2 aromatic carbocycles. The van der Waals surface area contributed by atoms with Gasteiger partial charge in [0.1, 0.15) is 5.75 Å². The van der Waals surface area contributed by atoms with Gasteiger partial charge in [-0.1, -0.05) is 0 Å². The summed E-state index contributed by atoms with van der Waals surface area (Å²) < 4.78 is 16.0. The molecule has 0 amide bonds. The van der Waals surface area contributed by atoms with Crippen molar-refractivity contribution < 1.29 is 19.0 Å². The summed E-state index contributed by atoms with van der Waals surface area (Å²) >= 11 is 0. The van der Waals surface area contributed by atoms with E-state index in [1.54, 1.807) is 49.6 Å². The molecule has 8 heteroatoms. The lowest BCUT2D eigenvalue weighted by Crippen LogP contribution is -2.21. The number of guanidine groups is 1. The van der Waals surface area contributed by atoms with E-state index < -0.39 is 5.97 Å². The fourth-order valence-electron chi connectivity index (χ4n) is 2.01. The van der Waals surface area contributed by atoms with Crippen molar-refractivity contribution >= 4 is 18.1 Å². The van der Waals surface area contributed by atoms with Crippen molar-refractivity contribution in [1.82, 2.24) is 0 Å². The zero-order valence-corrected chi connectivity index (χ0v) is 14.5. The monoisotopic (exact) mass is 356 g/mol. The molecule has 0 radical (unpaired) electrons. The third-order valence-corrected chi connectivity index (χ3v) is 3.18. The molecule has 0 unspecified atom stereocenters. The second-order valence-corrected chi connectivity index (χ2v) is 5.03. The number of benzene rings is 2. The highest BCUT2D eigenvalue weighted by Gasteiger charge is 2.13. The predicted octanol–water partition coefficient (Wildman–Crippen LogP) is 1.92. The van der Waals surface area contributed by atoms with Crippen LogP contribution in [-0.4, -0.2) is 31.9 Å². The van der Waals surface area contributed by atoms with E-state index in [-0.39, 0.29) is 5.96 Å². The molecule has 0 aliphatic rings. The van der Waals surface area contributed by atoms with Crippen LogP contribution in [0.25, 0.3) is 0 Å². The average molecular weight is 356 g/mol. The lowest BCUT2D eigenvalue weighted by atomic mass is 10.2. The molecule has 0 fully saturated rings. The van der Waals surface area contributed by atoms with Gasteiger partial charge in [0.2, 0.25) is 5.96 Å². The molecule has 0 bridgehead atoms. The molecule has 0 heterocycles. The molecule has 0 spiro atoms. The van der Waals surface area contributed by atoms with Gasteiger partial charge in [-0.05, 0) is 55.0 Å². The molecule has 0 atom stereocenters. The minimum atomic E-state index is -0.504. The number of rotatable bonds is 7. The summed E-state index contributed by atoms with van der Waals surface area (Å²) in [5.41, 5.74) is 11.5. The Bertz CT molecular complexity index is 812. The smallest absolute Gasteiger partial charge is 0.343 e. The second kappa shape index (κ2) is 9.07. The van der Waals surface area contributed by atoms with Gasteiger partial charge in [0.15, 0.2) is 11.5 Å². The number of carbonyl (C=O) groups excluding carboxylic acids is 1. The van der Waals surface area contributed by atoms with Gasteiger partial charge in [0.25, 0.3) is 0 Å². The number of nitrogens with zero attached hydrogens (tertiary/aromatic N) is 2. The number of hydrogen-bond donors (Lipinski definition) is 2. The number of esters is 1. The van der Waals surface area contributed by atoms with Crippen molar-refractivity contribution in [2.45, 2.75) is 6.92 Å². The Balaban J connectivity index is 2.20. The maximum atomic E-state index is 12.3. The fraction of sp³-hybridized carbons (Fsp3) is 0.167. The van der Waals surface area contributed by atoms with Crippen LogP contribution in [0.2, 0.25) is 0 Å². The van der Waals surface area contributed by atoms with Crippen molar-refractivity contribution in [3.8, 4) is 17.2 Å². The van der Waals surface area contributed by atoms with Crippen molar-refractivity contribution in [3.63, 3.8) is 0 Å². The molecule has 8 nitrogen and oxygen atoms in total.